The normalized spacial score (nSPS) is 20.5. The van der Waals surface area contributed by atoms with Gasteiger partial charge in [-0.15, -0.1) is 0 Å². The number of esters is 2. The molecule has 194 valence electrons. The Morgan fingerprint density at radius 2 is 1.32 bits per heavy atom. The van der Waals surface area contributed by atoms with Crippen LogP contribution in [0, 0.1) is 5.41 Å². The summed E-state index contributed by atoms with van der Waals surface area (Å²) < 4.78 is 16.4. The number of carbonyl (C=O) groups excluding carboxylic acids is 5. The molecule has 1 heterocycles. The first-order valence-corrected chi connectivity index (χ1v) is 11.8. The third-order valence-corrected chi connectivity index (χ3v) is 6.34. The number of methoxy groups -OCH3 is 1. The average Bonchev–Trinajstić information content (AvgIpc) is 2.93. The molecule has 1 fully saturated rings. The summed E-state index contributed by atoms with van der Waals surface area (Å²) >= 11 is 0. The second kappa shape index (κ2) is 9.70. The fraction of sp³-hybridized carbons (Fsp3) is 0.233. The SMILES string of the molecule is COc1ccc(C(=O)C2(C(=O)C(=O)C(C)(C)C)OC(=O)C2(OC(=O)c2ccccc2)c2ccccc2)cc1. The molecule has 3 aromatic carbocycles. The Bertz CT molecular complexity index is 1400. The molecule has 0 aliphatic carbocycles. The highest BCUT2D eigenvalue weighted by Gasteiger charge is 2.82. The Labute approximate surface area is 219 Å². The first-order chi connectivity index (χ1) is 18.0. The fourth-order valence-corrected chi connectivity index (χ4v) is 4.28. The number of cyclic esters (lactones) is 1. The van der Waals surface area contributed by atoms with E-state index in [1.54, 1.807) is 36.4 Å². The van der Waals surface area contributed by atoms with Gasteiger partial charge in [0.15, 0.2) is 0 Å². The van der Waals surface area contributed by atoms with Crippen LogP contribution < -0.4 is 4.74 Å². The molecular weight excluding hydrogens is 488 g/mol. The lowest BCUT2D eigenvalue weighted by Gasteiger charge is -2.52. The van der Waals surface area contributed by atoms with Crippen molar-refractivity contribution in [2.45, 2.75) is 32.0 Å². The lowest BCUT2D eigenvalue weighted by Crippen LogP contribution is -2.79. The average molecular weight is 515 g/mol. The van der Waals surface area contributed by atoms with Crippen LogP contribution in [-0.4, -0.2) is 42.0 Å². The van der Waals surface area contributed by atoms with Crippen molar-refractivity contribution >= 4 is 29.3 Å². The van der Waals surface area contributed by atoms with Crippen molar-refractivity contribution in [3.05, 3.63) is 102 Å². The Morgan fingerprint density at radius 1 is 0.763 bits per heavy atom. The van der Waals surface area contributed by atoms with Gasteiger partial charge in [0.05, 0.1) is 12.7 Å². The van der Waals surface area contributed by atoms with Gasteiger partial charge in [0.25, 0.3) is 17.0 Å². The third kappa shape index (κ3) is 4.08. The number of rotatable bonds is 8. The van der Waals surface area contributed by atoms with Crippen molar-refractivity contribution in [1.29, 1.82) is 0 Å². The number of carbonyl (C=O) groups is 5. The lowest BCUT2D eigenvalue weighted by atomic mass is 9.63. The molecule has 8 heteroatoms. The Morgan fingerprint density at radius 3 is 1.82 bits per heavy atom. The molecule has 0 spiro atoms. The number of ketones is 3. The zero-order valence-electron chi connectivity index (χ0n) is 21.3. The summed E-state index contributed by atoms with van der Waals surface area (Å²) in [5.41, 5.74) is -6.56. The van der Waals surface area contributed by atoms with Crippen molar-refractivity contribution in [3.8, 4) is 5.75 Å². The molecule has 0 N–H and O–H groups in total. The molecule has 2 atom stereocenters. The number of ether oxygens (including phenoxy) is 3. The zero-order chi connectivity index (χ0) is 27.7. The quantitative estimate of drug-likeness (QED) is 0.191. The highest BCUT2D eigenvalue weighted by Crippen LogP contribution is 2.53. The van der Waals surface area contributed by atoms with Crippen molar-refractivity contribution in [2.24, 2.45) is 5.41 Å². The van der Waals surface area contributed by atoms with E-state index in [1.807, 2.05) is 0 Å². The van der Waals surface area contributed by atoms with Crippen molar-refractivity contribution < 1.29 is 38.2 Å². The van der Waals surface area contributed by atoms with Gasteiger partial charge in [-0.25, -0.2) is 9.59 Å². The lowest BCUT2D eigenvalue weighted by molar-refractivity contribution is -0.249. The smallest absolute Gasteiger partial charge is 0.362 e. The van der Waals surface area contributed by atoms with Crippen LogP contribution in [0.1, 0.15) is 47.1 Å². The molecule has 1 aliphatic heterocycles. The Balaban J connectivity index is 1.99. The van der Waals surface area contributed by atoms with Crippen LogP contribution in [0.2, 0.25) is 0 Å². The molecule has 0 bridgehead atoms. The standard InChI is InChI=1S/C30H26O8/c1-28(2,3)24(32)25(33)30(23(31)19-15-17-22(36-4)18-16-19)29(27(35)38-30,21-13-9-6-10-14-21)37-26(34)20-11-7-5-8-12-20/h5-18H,1-4H3. The van der Waals surface area contributed by atoms with E-state index in [9.17, 15) is 24.0 Å². The molecule has 3 aromatic rings. The number of benzene rings is 3. The van der Waals surface area contributed by atoms with Crippen molar-refractivity contribution in [2.75, 3.05) is 7.11 Å². The maximum absolute atomic E-state index is 14.2. The largest absolute Gasteiger partial charge is 0.497 e. The van der Waals surface area contributed by atoms with Gasteiger partial charge in [-0.3, -0.25) is 14.4 Å². The molecule has 8 nitrogen and oxygen atoms in total. The summed E-state index contributed by atoms with van der Waals surface area (Å²) in [6, 6.07) is 21.1. The summed E-state index contributed by atoms with van der Waals surface area (Å²) in [7, 11) is 1.45. The maximum atomic E-state index is 14.2. The Hall–Kier alpha value is -4.59. The van der Waals surface area contributed by atoms with Gasteiger partial charge in [0.2, 0.25) is 11.6 Å². The minimum atomic E-state index is -2.80. The highest BCUT2D eigenvalue weighted by molar-refractivity contribution is 6.50. The molecule has 38 heavy (non-hydrogen) atoms. The summed E-state index contributed by atoms with van der Waals surface area (Å²) in [6.45, 7) is 4.50. The minimum Gasteiger partial charge on any atom is -0.497 e. The van der Waals surface area contributed by atoms with E-state index in [-0.39, 0.29) is 16.7 Å². The van der Waals surface area contributed by atoms with E-state index in [0.717, 1.165) is 0 Å². The highest BCUT2D eigenvalue weighted by atomic mass is 16.7. The van der Waals surface area contributed by atoms with E-state index < -0.39 is 45.9 Å². The van der Waals surface area contributed by atoms with Gasteiger partial charge in [-0.1, -0.05) is 69.3 Å². The second-order valence-corrected chi connectivity index (χ2v) is 9.84. The van der Waals surface area contributed by atoms with E-state index in [2.05, 4.69) is 0 Å². The molecule has 4 rings (SSSR count). The van der Waals surface area contributed by atoms with Crippen LogP contribution in [0.15, 0.2) is 84.9 Å². The second-order valence-electron chi connectivity index (χ2n) is 9.84. The molecule has 2 unspecified atom stereocenters. The van der Waals surface area contributed by atoms with Crippen molar-refractivity contribution in [1.82, 2.24) is 0 Å². The first-order valence-electron chi connectivity index (χ1n) is 11.8. The van der Waals surface area contributed by atoms with Gasteiger partial charge in [-0.05, 0) is 36.4 Å². The molecule has 0 radical (unpaired) electrons. The van der Waals surface area contributed by atoms with Crippen LogP contribution in [0.5, 0.6) is 5.75 Å². The monoisotopic (exact) mass is 514 g/mol. The van der Waals surface area contributed by atoms with Crippen LogP contribution in [0.4, 0.5) is 0 Å². The van der Waals surface area contributed by atoms with E-state index in [0.29, 0.717) is 5.75 Å². The molecule has 1 saturated heterocycles. The third-order valence-electron chi connectivity index (χ3n) is 6.34. The van der Waals surface area contributed by atoms with Gasteiger partial charge >= 0.3 is 11.9 Å². The zero-order valence-corrected chi connectivity index (χ0v) is 21.3. The predicted molar refractivity (Wildman–Crippen MR) is 136 cm³/mol. The topological polar surface area (TPSA) is 113 Å². The van der Waals surface area contributed by atoms with Crippen LogP contribution in [0.25, 0.3) is 0 Å². The number of hydrogen-bond donors (Lipinski definition) is 0. The molecule has 0 aromatic heterocycles. The fourth-order valence-electron chi connectivity index (χ4n) is 4.28. The van der Waals surface area contributed by atoms with Gasteiger partial charge in [-0.2, -0.15) is 0 Å². The maximum Gasteiger partial charge on any atom is 0.362 e. The summed E-state index contributed by atoms with van der Waals surface area (Å²) in [6.07, 6.45) is 0. The minimum absolute atomic E-state index is 0.0115. The van der Waals surface area contributed by atoms with E-state index in [4.69, 9.17) is 14.2 Å². The van der Waals surface area contributed by atoms with E-state index in [1.165, 1.54) is 76.4 Å². The number of Topliss-reactive ketones (excluding diaryl/α,β-unsaturated/α-hetero) is 3. The summed E-state index contributed by atoms with van der Waals surface area (Å²) in [5.74, 6) is -4.97. The predicted octanol–water partition coefficient (Wildman–Crippen LogP) is 4.11. The van der Waals surface area contributed by atoms with Gasteiger partial charge < -0.3 is 14.2 Å². The van der Waals surface area contributed by atoms with Gasteiger partial charge in [0, 0.05) is 16.5 Å². The van der Waals surface area contributed by atoms with Crippen LogP contribution >= 0.6 is 0 Å². The van der Waals surface area contributed by atoms with Crippen LogP contribution in [0.3, 0.4) is 0 Å². The van der Waals surface area contributed by atoms with Gasteiger partial charge in [0.1, 0.15) is 5.75 Å². The molecular formula is C30H26O8. The summed E-state index contributed by atoms with van der Waals surface area (Å²) in [4.78, 5) is 68.3. The summed E-state index contributed by atoms with van der Waals surface area (Å²) in [5, 5.41) is 0. The number of hydrogen-bond acceptors (Lipinski definition) is 8. The van der Waals surface area contributed by atoms with Crippen LogP contribution in [-0.2, 0) is 29.5 Å². The van der Waals surface area contributed by atoms with Crippen molar-refractivity contribution in [3.63, 3.8) is 0 Å². The Kier molecular flexibility index (Phi) is 6.76. The molecule has 0 amide bonds. The molecule has 0 saturated carbocycles. The van der Waals surface area contributed by atoms with E-state index >= 15 is 0 Å². The molecule has 1 aliphatic rings. The first kappa shape index (κ1) is 26.5.